The van der Waals surface area contributed by atoms with Crippen LogP contribution in [0.3, 0.4) is 0 Å². The summed E-state index contributed by atoms with van der Waals surface area (Å²) < 4.78 is 4.84. The van der Waals surface area contributed by atoms with Gasteiger partial charge in [0.05, 0.1) is 6.61 Å². The minimum atomic E-state index is -0.196. The fraction of sp³-hybridized carbons (Fsp3) is 0.462. The topological polar surface area (TPSA) is 70.6 Å². The van der Waals surface area contributed by atoms with E-state index in [-0.39, 0.29) is 17.8 Å². The smallest absolute Gasteiger partial charge is 0.315 e. The van der Waals surface area contributed by atoms with Gasteiger partial charge in [0.1, 0.15) is 5.75 Å². The van der Waals surface area contributed by atoms with Crippen LogP contribution in [0.5, 0.6) is 5.75 Å². The summed E-state index contributed by atoms with van der Waals surface area (Å²) in [4.78, 5) is 11.5. The molecule has 5 nitrogen and oxygen atoms in total. The van der Waals surface area contributed by atoms with Crippen molar-refractivity contribution in [2.24, 2.45) is 0 Å². The average Bonchev–Trinajstić information content (AvgIpc) is 2.32. The zero-order chi connectivity index (χ0) is 13.4. The number of amides is 2. The summed E-state index contributed by atoms with van der Waals surface area (Å²) in [5, 5.41) is 14.7. The number of urea groups is 1. The molecule has 2 amide bonds. The molecule has 3 N–H and O–H groups in total. The Kier molecular flexibility index (Phi) is 6.00. The van der Waals surface area contributed by atoms with Gasteiger partial charge in [0, 0.05) is 19.7 Å². The van der Waals surface area contributed by atoms with Crippen molar-refractivity contribution in [2.75, 3.05) is 20.3 Å². The predicted molar refractivity (Wildman–Crippen MR) is 69.7 cm³/mol. The lowest BCUT2D eigenvalue weighted by Crippen LogP contribution is -2.42. The van der Waals surface area contributed by atoms with Crippen molar-refractivity contribution in [2.45, 2.75) is 19.4 Å². The molecule has 0 saturated carbocycles. The Morgan fingerprint density at radius 2 is 2.06 bits per heavy atom. The summed E-state index contributed by atoms with van der Waals surface area (Å²) in [5.74, 6) is 0.247. The van der Waals surface area contributed by atoms with Gasteiger partial charge in [-0.15, -0.1) is 0 Å². The van der Waals surface area contributed by atoms with Gasteiger partial charge >= 0.3 is 6.03 Å². The number of hydrogen-bond donors (Lipinski definition) is 3. The Morgan fingerprint density at radius 1 is 1.39 bits per heavy atom. The molecule has 0 bridgehead atoms. The fourth-order valence-electron chi connectivity index (χ4n) is 1.58. The van der Waals surface area contributed by atoms with E-state index in [1.54, 1.807) is 19.2 Å². The quantitative estimate of drug-likeness (QED) is 0.668. The molecule has 0 aromatic heterocycles. The van der Waals surface area contributed by atoms with Crippen molar-refractivity contribution in [3.63, 3.8) is 0 Å². The van der Waals surface area contributed by atoms with Crippen LogP contribution < -0.4 is 10.6 Å². The number of carbonyl (C=O) groups excluding carboxylic acids is 1. The van der Waals surface area contributed by atoms with E-state index < -0.39 is 0 Å². The van der Waals surface area contributed by atoms with E-state index in [2.05, 4.69) is 10.6 Å². The molecule has 0 fully saturated rings. The van der Waals surface area contributed by atoms with Crippen molar-refractivity contribution in [3.8, 4) is 5.75 Å². The highest BCUT2D eigenvalue weighted by Crippen LogP contribution is 2.11. The van der Waals surface area contributed by atoms with Crippen LogP contribution in [0.2, 0.25) is 0 Å². The molecule has 5 heteroatoms. The molecular formula is C13H20N2O3. The van der Waals surface area contributed by atoms with Gasteiger partial charge in [-0.1, -0.05) is 12.1 Å². The average molecular weight is 252 g/mol. The second kappa shape index (κ2) is 7.55. The Bertz CT molecular complexity index is 365. The Balaban J connectivity index is 2.30. The predicted octanol–water partition coefficient (Wildman–Crippen LogP) is 1.27. The third-order valence-corrected chi connectivity index (χ3v) is 2.45. The number of benzene rings is 1. The van der Waals surface area contributed by atoms with Crippen molar-refractivity contribution in [1.82, 2.24) is 10.6 Å². The summed E-state index contributed by atoms with van der Waals surface area (Å²) in [6.07, 6.45) is 0.720. The number of methoxy groups -OCH3 is 1. The molecule has 18 heavy (non-hydrogen) atoms. The number of aromatic hydroxyl groups is 1. The fourth-order valence-corrected chi connectivity index (χ4v) is 1.58. The molecule has 1 rings (SSSR count). The van der Waals surface area contributed by atoms with Crippen molar-refractivity contribution < 1.29 is 14.6 Å². The third kappa shape index (κ3) is 5.54. The van der Waals surface area contributed by atoms with Crippen LogP contribution in [-0.4, -0.2) is 37.4 Å². The van der Waals surface area contributed by atoms with Crippen LogP contribution in [0, 0.1) is 0 Å². The highest BCUT2D eigenvalue weighted by molar-refractivity contribution is 5.74. The minimum Gasteiger partial charge on any atom is -0.508 e. The lowest BCUT2D eigenvalue weighted by atomic mass is 10.1. The molecule has 0 saturated heterocycles. The molecule has 1 aromatic rings. The second-order valence-corrected chi connectivity index (χ2v) is 4.16. The van der Waals surface area contributed by atoms with Crippen LogP contribution in [0.15, 0.2) is 24.3 Å². The van der Waals surface area contributed by atoms with Crippen molar-refractivity contribution in [1.29, 1.82) is 0 Å². The molecule has 1 aromatic carbocycles. The summed E-state index contributed by atoms with van der Waals surface area (Å²) in [6.45, 7) is 2.93. The molecule has 0 heterocycles. The lowest BCUT2D eigenvalue weighted by Gasteiger charge is -2.14. The number of phenolic OH excluding ortho intramolecular Hbond substituents is 1. The van der Waals surface area contributed by atoms with E-state index in [1.165, 1.54) is 0 Å². The molecule has 1 unspecified atom stereocenters. The van der Waals surface area contributed by atoms with E-state index in [1.807, 2.05) is 19.1 Å². The largest absolute Gasteiger partial charge is 0.508 e. The van der Waals surface area contributed by atoms with Gasteiger partial charge in [0.25, 0.3) is 0 Å². The maximum Gasteiger partial charge on any atom is 0.315 e. The highest BCUT2D eigenvalue weighted by atomic mass is 16.5. The molecule has 0 aliphatic heterocycles. The second-order valence-electron chi connectivity index (χ2n) is 4.16. The Hall–Kier alpha value is -1.75. The molecule has 1 atom stereocenters. The molecule has 0 radical (unpaired) electrons. The van der Waals surface area contributed by atoms with Crippen LogP contribution in [0.4, 0.5) is 4.79 Å². The van der Waals surface area contributed by atoms with Crippen molar-refractivity contribution in [3.05, 3.63) is 29.8 Å². The normalized spacial score (nSPS) is 11.9. The zero-order valence-electron chi connectivity index (χ0n) is 10.8. The number of nitrogens with one attached hydrogen (secondary N) is 2. The first kappa shape index (κ1) is 14.3. The first-order chi connectivity index (χ1) is 8.61. The van der Waals surface area contributed by atoms with Crippen LogP contribution in [0.25, 0.3) is 0 Å². The standard InChI is InChI=1S/C13H20N2O3/c1-10(15-13(17)14-7-8-18-2)9-11-3-5-12(16)6-4-11/h3-6,10,16H,7-9H2,1-2H3,(H2,14,15,17). The third-order valence-electron chi connectivity index (χ3n) is 2.45. The number of phenols is 1. The Morgan fingerprint density at radius 3 is 2.67 bits per heavy atom. The highest BCUT2D eigenvalue weighted by Gasteiger charge is 2.07. The van der Waals surface area contributed by atoms with Crippen LogP contribution in [0.1, 0.15) is 12.5 Å². The van der Waals surface area contributed by atoms with Gasteiger partial charge in [-0.2, -0.15) is 0 Å². The molecular weight excluding hydrogens is 232 g/mol. The summed E-state index contributed by atoms with van der Waals surface area (Å²) in [5.41, 5.74) is 1.07. The first-order valence-electron chi connectivity index (χ1n) is 5.93. The maximum atomic E-state index is 11.5. The lowest BCUT2D eigenvalue weighted by molar-refractivity contribution is 0.195. The van der Waals surface area contributed by atoms with E-state index in [4.69, 9.17) is 9.84 Å². The van der Waals surface area contributed by atoms with Gasteiger partial charge in [-0.3, -0.25) is 0 Å². The summed E-state index contributed by atoms with van der Waals surface area (Å²) >= 11 is 0. The minimum absolute atomic E-state index is 0.0251. The zero-order valence-corrected chi connectivity index (χ0v) is 10.8. The van der Waals surface area contributed by atoms with Crippen LogP contribution in [-0.2, 0) is 11.2 Å². The number of hydrogen-bond acceptors (Lipinski definition) is 3. The van der Waals surface area contributed by atoms with Gasteiger partial charge in [0.15, 0.2) is 0 Å². The summed E-state index contributed by atoms with van der Waals surface area (Å²) in [6, 6.07) is 6.80. The van der Waals surface area contributed by atoms with Gasteiger partial charge < -0.3 is 20.5 Å². The van der Waals surface area contributed by atoms with E-state index in [0.29, 0.717) is 13.2 Å². The Labute approximate surface area is 107 Å². The number of carbonyl (C=O) groups is 1. The summed E-state index contributed by atoms with van der Waals surface area (Å²) in [7, 11) is 1.59. The first-order valence-corrected chi connectivity index (χ1v) is 5.93. The van der Waals surface area contributed by atoms with Crippen LogP contribution >= 0.6 is 0 Å². The van der Waals surface area contributed by atoms with E-state index in [9.17, 15) is 4.79 Å². The monoisotopic (exact) mass is 252 g/mol. The molecule has 100 valence electrons. The SMILES string of the molecule is COCCNC(=O)NC(C)Cc1ccc(O)cc1. The van der Waals surface area contributed by atoms with E-state index in [0.717, 1.165) is 12.0 Å². The maximum absolute atomic E-state index is 11.5. The van der Waals surface area contributed by atoms with Crippen molar-refractivity contribution >= 4 is 6.03 Å². The van der Waals surface area contributed by atoms with E-state index >= 15 is 0 Å². The number of rotatable bonds is 6. The van der Waals surface area contributed by atoms with Gasteiger partial charge in [-0.25, -0.2) is 4.79 Å². The molecule has 0 spiro atoms. The molecule has 0 aliphatic rings. The number of ether oxygens (including phenoxy) is 1. The van der Waals surface area contributed by atoms with Gasteiger partial charge in [0.2, 0.25) is 0 Å². The van der Waals surface area contributed by atoms with Gasteiger partial charge in [-0.05, 0) is 31.0 Å². The molecule has 0 aliphatic carbocycles.